The quantitative estimate of drug-likeness (QED) is 0.314. The Bertz CT molecular complexity index is 984. The van der Waals surface area contributed by atoms with Gasteiger partial charge in [-0.15, -0.1) is 24.0 Å². The number of nitrogens with one attached hydrogen (secondary N) is 2. The highest BCUT2D eigenvalue weighted by molar-refractivity contribution is 14.0. The SMILES string of the molecule is CN=C(NCCc1c(C)cc(C)cc1C)NCc1cc(F)ccc1CS(C)(=O)=O.I. The van der Waals surface area contributed by atoms with E-state index in [0.717, 1.165) is 6.42 Å². The number of hydrogen-bond acceptors (Lipinski definition) is 3. The molecule has 0 aliphatic rings. The summed E-state index contributed by atoms with van der Waals surface area (Å²) in [6.45, 7) is 7.32. The second-order valence-electron chi connectivity index (χ2n) is 7.46. The molecular formula is C22H31FIN3O2S. The number of aryl methyl sites for hydroxylation is 3. The van der Waals surface area contributed by atoms with Gasteiger partial charge >= 0.3 is 0 Å². The zero-order chi connectivity index (χ0) is 21.6. The number of nitrogens with zero attached hydrogens (tertiary/aromatic N) is 1. The minimum absolute atomic E-state index is 0. The molecule has 0 radical (unpaired) electrons. The van der Waals surface area contributed by atoms with Gasteiger partial charge < -0.3 is 10.6 Å². The highest BCUT2D eigenvalue weighted by atomic mass is 127. The van der Waals surface area contributed by atoms with Gasteiger partial charge in [0.1, 0.15) is 5.82 Å². The average Bonchev–Trinajstić information content (AvgIpc) is 2.60. The summed E-state index contributed by atoms with van der Waals surface area (Å²) in [6.07, 6.45) is 2.03. The van der Waals surface area contributed by atoms with Crippen LogP contribution in [0.1, 0.15) is 33.4 Å². The predicted octanol–water partition coefficient (Wildman–Crippen LogP) is 3.82. The van der Waals surface area contributed by atoms with Crippen LogP contribution >= 0.6 is 24.0 Å². The zero-order valence-corrected chi connectivity index (χ0v) is 21.3. The number of hydrogen-bond donors (Lipinski definition) is 2. The average molecular weight is 547 g/mol. The Balaban J connectivity index is 0.00000450. The number of aliphatic imine (C=N–C) groups is 1. The van der Waals surface area contributed by atoms with Crippen LogP contribution in [0.4, 0.5) is 4.39 Å². The molecule has 0 spiro atoms. The lowest BCUT2D eigenvalue weighted by molar-refractivity contribution is 0.599. The van der Waals surface area contributed by atoms with Gasteiger partial charge in [-0.3, -0.25) is 4.99 Å². The molecule has 166 valence electrons. The third-order valence-corrected chi connectivity index (χ3v) is 5.60. The molecule has 0 fully saturated rings. The van der Waals surface area contributed by atoms with E-state index >= 15 is 0 Å². The summed E-state index contributed by atoms with van der Waals surface area (Å²) in [5.41, 5.74) is 6.31. The van der Waals surface area contributed by atoms with Gasteiger partial charge in [-0.25, -0.2) is 12.8 Å². The Morgan fingerprint density at radius 3 is 2.23 bits per heavy atom. The molecule has 0 bridgehead atoms. The summed E-state index contributed by atoms with van der Waals surface area (Å²) in [4.78, 5) is 4.20. The monoisotopic (exact) mass is 547 g/mol. The van der Waals surface area contributed by atoms with Crippen molar-refractivity contribution in [2.45, 2.75) is 39.5 Å². The number of benzene rings is 2. The van der Waals surface area contributed by atoms with E-state index in [1.54, 1.807) is 7.05 Å². The lowest BCUT2D eigenvalue weighted by atomic mass is 9.97. The molecule has 0 saturated carbocycles. The molecule has 30 heavy (non-hydrogen) atoms. The molecular weight excluding hydrogens is 516 g/mol. The second kappa shape index (κ2) is 11.6. The minimum atomic E-state index is -3.21. The molecule has 5 nitrogen and oxygen atoms in total. The Kier molecular flexibility index (Phi) is 10.2. The molecule has 2 rings (SSSR count). The van der Waals surface area contributed by atoms with Crippen molar-refractivity contribution < 1.29 is 12.8 Å². The Morgan fingerprint density at radius 2 is 1.67 bits per heavy atom. The first-order valence-corrected chi connectivity index (χ1v) is 11.6. The van der Waals surface area contributed by atoms with Crippen molar-refractivity contribution in [1.29, 1.82) is 0 Å². The summed E-state index contributed by atoms with van der Waals surface area (Å²) in [5, 5.41) is 6.41. The van der Waals surface area contributed by atoms with Crippen LogP contribution in [0.5, 0.6) is 0 Å². The van der Waals surface area contributed by atoms with E-state index in [2.05, 4.69) is 48.5 Å². The first-order chi connectivity index (χ1) is 13.6. The number of guanidine groups is 1. The first kappa shape index (κ1) is 26.4. The Labute approximate surface area is 196 Å². The molecule has 8 heteroatoms. The van der Waals surface area contributed by atoms with Gasteiger partial charge in [-0.1, -0.05) is 23.8 Å². The van der Waals surface area contributed by atoms with E-state index in [4.69, 9.17) is 0 Å². The fraction of sp³-hybridized carbons (Fsp3) is 0.409. The number of sulfone groups is 1. The summed E-state index contributed by atoms with van der Waals surface area (Å²) in [6, 6.07) is 8.53. The maximum Gasteiger partial charge on any atom is 0.191 e. The van der Waals surface area contributed by atoms with Crippen molar-refractivity contribution in [2.75, 3.05) is 19.8 Å². The van der Waals surface area contributed by atoms with Crippen LogP contribution in [0.2, 0.25) is 0 Å². The van der Waals surface area contributed by atoms with E-state index < -0.39 is 15.7 Å². The Hall–Kier alpha value is -1.68. The molecule has 0 aliphatic carbocycles. The highest BCUT2D eigenvalue weighted by Gasteiger charge is 2.11. The number of rotatable bonds is 7. The molecule has 0 atom stereocenters. The van der Waals surface area contributed by atoms with E-state index in [9.17, 15) is 12.8 Å². The van der Waals surface area contributed by atoms with Crippen molar-refractivity contribution in [3.05, 3.63) is 69.5 Å². The summed E-state index contributed by atoms with van der Waals surface area (Å²) in [5.74, 6) is 0.0665. The third-order valence-electron chi connectivity index (χ3n) is 4.76. The van der Waals surface area contributed by atoms with Gasteiger partial charge in [-0.2, -0.15) is 0 Å². The zero-order valence-electron chi connectivity index (χ0n) is 18.2. The predicted molar refractivity (Wildman–Crippen MR) is 133 cm³/mol. The van der Waals surface area contributed by atoms with Crippen LogP contribution in [0.15, 0.2) is 35.3 Å². The maximum absolute atomic E-state index is 13.7. The molecule has 0 unspecified atom stereocenters. The fourth-order valence-corrected chi connectivity index (χ4v) is 4.34. The van der Waals surface area contributed by atoms with Crippen LogP contribution in [-0.4, -0.2) is 34.2 Å². The lowest BCUT2D eigenvalue weighted by Crippen LogP contribution is -2.38. The van der Waals surface area contributed by atoms with Gasteiger partial charge in [0.25, 0.3) is 0 Å². The molecule has 2 aromatic rings. The molecule has 0 saturated heterocycles. The van der Waals surface area contributed by atoms with Crippen molar-refractivity contribution in [3.8, 4) is 0 Å². The fourth-order valence-electron chi connectivity index (χ4n) is 3.49. The van der Waals surface area contributed by atoms with Crippen LogP contribution in [-0.2, 0) is 28.6 Å². The molecule has 2 aromatic carbocycles. The van der Waals surface area contributed by atoms with Gasteiger partial charge in [-0.05, 0) is 67.1 Å². The van der Waals surface area contributed by atoms with E-state index in [1.807, 2.05) is 0 Å². The smallest absolute Gasteiger partial charge is 0.191 e. The van der Waals surface area contributed by atoms with E-state index in [0.29, 0.717) is 23.6 Å². The minimum Gasteiger partial charge on any atom is -0.356 e. The van der Waals surface area contributed by atoms with Crippen LogP contribution in [0.3, 0.4) is 0 Å². The molecule has 0 amide bonds. The van der Waals surface area contributed by atoms with Crippen molar-refractivity contribution in [1.82, 2.24) is 10.6 Å². The molecule has 0 heterocycles. The summed E-state index contributed by atoms with van der Waals surface area (Å²) in [7, 11) is -1.54. The second-order valence-corrected chi connectivity index (χ2v) is 9.60. The highest BCUT2D eigenvalue weighted by Crippen LogP contribution is 2.17. The molecule has 2 N–H and O–H groups in total. The van der Waals surface area contributed by atoms with Crippen molar-refractivity contribution in [2.24, 2.45) is 4.99 Å². The standard InChI is InChI=1S/C22H30FN3O2S.HI/c1-15-10-16(2)21(17(3)11-15)8-9-25-22(24-4)26-13-19-12-20(23)7-6-18(19)14-29(5,27)28;/h6-7,10-12H,8-9,13-14H2,1-5H3,(H2,24,25,26);1H. The van der Waals surface area contributed by atoms with E-state index in [-0.39, 0.29) is 36.3 Å². The lowest BCUT2D eigenvalue weighted by Gasteiger charge is -2.16. The van der Waals surface area contributed by atoms with Crippen LogP contribution in [0, 0.1) is 26.6 Å². The van der Waals surface area contributed by atoms with Gasteiger partial charge in [0, 0.05) is 26.4 Å². The first-order valence-electron chi connectivity index (χ1n) is 9.55. The van der Waals surface area contributed by atoms with Crippen molar-refractivity contribution in [3.63, 3.8) is 0 Å². The topological polar surface area (TPSA) is 70.6 Å². The Morgan fingerprint density at radius 1 is 1.03 bits per heavy atom. The van der Waals surface area contributed by atoms with Crippen molar-refractivity contribution >= 4 is 39.8 Å². The van der Waals surface area contributed by atoms with Crippen LogP contribution < -0.4 is 10.6 Å². The third kappa shape index (κ3) is 8.22. The maximum atomic E-state index is 13.7. The largest absolute Gasteiger partial charge is 0.356 e. The van der Waals surface area contributed by atoms with Crippen LogP contribution in [0.25, 0.3) is 0 Å². The summed E-state index contributed by atoms with van der Waals surface area (Å²) >= 11 is 0. The molecule has 0 aliphatic heterocycles. The summed E-state index contributed by atoms with van der Waals surface area (Å²) < 4.78 is 36.9. The number of halogens is 2. The van der Waals surface area contributed by atoms with Gasteiger partial charge in [0.15, 0.2) is 15.8 Å². The van der Waals surface area contributed by atoms with E-state index in [1.165, 1.54) is 46.7 Å². The van der Waals surface area contributed by atoms with Gasteiger partial charge in [0.05, 0.1) is 5.75 Å². The van der Waals surface area contributed by atoms with Gasteiger partial charge in [0.2, 0.25) is 0 Å². The molecule has 0 aromatic heterocycles. The normalized spacial score (nSPS) is 11.7.